The van der Waals surface area contributed by atoms with Crippen LogP contribution in [0.5, 0.6) is 0 Å². The molecule has 25 heavy (non-hydrogen) atoms. The first-order valence-corrected chi connectivity index (χ1v) is 8.91. The number of carbonyl (C=O) groups is 1. The first-order valence-electron chi connectivity index (χ1n) is 8.91. The molecule has 2 aliphatic rings. The molecule has 7 heteroatoms. The summed E-state index contributed by atoms with van der Waals surface area (Å²) in [5, 5.41) is 16.5. The highest BCUT2D eigenvalue weighted by Gasteiger charge is 2.50. The third-order valence-electron chi connectivity index (χ3n) is 4.63. The van der Waals surface area contributed by atoms with Gasteiger partial charge in [-0.1, -0.05) is 19.9 Å². The minimum atomic E-state index is -0.653. The summed E-state index contributed by atoms with van der Waals surface area (Å²) in [7, 11) is 0. The smallest absolute Gasteiger partial charge is 0.222 e. The summed E-state index contributed by atoms with van der Waals surface area (Å²) >= 11 is 0. The van der Waals surface area contributed by atoms with Crippen LogP contribution in [-0.4, -0.2) is 59.1 Å². The van der Waals surface area contributed by atoms with Crippen LogP contribution in [-0.2, 0) is 20.8 Å². The highest BCUT2D eigenvalue weighted by Crippen LogP contribution is 2.35. The molecule has 1 aromatic heterocycles. The van der Waals surface area contributed by atoms with Crippen molar-refractivity contribution in [2.75, 3.05) is 6.54 Å². The molecule has 2 saturated heterocycles. The van der Waals surface area contributed by atoms with Crippen LogP contribution in [0.3, 0.4) is 0 Å². The fourth-order valence-corrected chi connectivity index (χ4v) is 3.34. The van der Waals surface area contributed by atoms with Crippen LogP contribution < -0.4 is 10.6 Å². The van der Waals surface area contributed by atoms with E-state index in [1.165, 1.54) is 0 Å². The molecule has 3 heterocycles. The van der Waals surface area contributed by atoms with Crippen LogP contribution in [0.2, 0.25) is 0 Å². The van der Waals surface area contributed by atoms with Gasteiger partial charge in [0.25, 0.3) is 0 Å². The van der Waals surface area contributed by atoms with Crippen molar-refractivity contribution in [1.29, 1.82) is 0 Å². The molecule has 3 N–H and O–H groups in total. The number of hydrogen-bond acceptors (Lipinski definition) is 6. The summed E-state index contributed by atoms with van der Waals surface area (Å²) in [5.74, 6) is -0.0682. The predicted molar refractivity (Wildman–Crippen MR) is 91.8 cm³/mol. The van der Waals surface area contributed by atoms with Gasteiger partial charge in [-0.2, -0.15) is 0 Å². The lowest BCUT2D eigenvalue weighted by molar-refractivity contribution is -0.124. The fourth-order valence-electron chi connectivity index (χ4n) is 3.34. The third kappa shape index (κ3) is 4.76. The fraction of sp³-hybridized carbons (Fsp3) is 0.667. The second kappa shape index (κ2) is 8.23. The Labute approximate surface area is 148 Å². The van der Waals surface area contributed by atoms with E-state index in [0.717, 1.165) is 5.56 Å². The quantitative estimate of drug-likeness (QED) is 0.659. The number of carbonyl (C=O) groups excluding carboxylic acids is 1. The molecule has 5 atom stereocenters. The van der Waals surface area contributed by atoms with E-state index in [1.54, 1.807) is 12.4 Å². The van der Waals surface area contributed by atoms with Crippen LogP contribution in [0.4, 0.5) is 0 Å². The first kappa shape index (κ1) is 18.3. The molecule has 0 bridgehead atoms. The van der Waals surface area contributed by atoms with E-state index in [2.05, 4.69) is 29.5 Å². The Balaban J connectivity index is 1.41. The SMILES string of the molecule is CC(C)NCC1OC2CC(CC(=O)NCc3cccnc3)OC2C1O. The normalized spacial score (nSPS) is 31.3. The zero-order valence-corrected chi connectivity index (χ0v) is 14.7. The number of nitrogens with one attached hydrogen (secondary N) is 2. The summed E-state index contributed by atoms with van der Waals surface area (Å²) in [4.78, 5) is 16.1. The average molecular weight is 349 g/mol. The third-order valence-corrected chi connectivity index (χ3v) is 4.63. The van der Waals surface area contributed by atoms with Crippen molar-refractivity contribution in [3.8, 4) is 0 Å². The lowest BCUT2D eigenvalue weighted by Crippen LogP contribution is -2.40. The number of fused-ring (bicyclic) bond motifs is 1. The Morgan fingerprint density at radius 1 is 1.44 bits per heavy atom. The van der Waals surface area contributed by atoms with Gasteiger partial charge in [0, 0.05) is 37.9 Å². The van der Waals surface area contributed by atoms with Gasteiger partial charge >= 0.3 is 0 Å². The summed E-state index contributed by atoms with van der Waals surface area (Å²) < 4.78 is 11.8. The zero-order chi connectivity index (χ0) is 17.8. The molecule has 2 fully saturated rings. The van der Waals surface area contributed by atoms with Gasteiger partial charge in [0.05, 0.1) is 24.7 Å². The maximum Gasteiger partial charge on any atom is 0.222 e. The number of amides is 1. The molecule has 3 rings (SSSR count). The Morgan fingerprint density at radius 3 is 2.96 bits per heavy atom. The van der Waals surface area contributed by atoms with E-state index >= 15 is 0 Å². The molecule has 1 aromatic rings. The summed E-state index contributed by atoms with van der Waals surface area (Å²) in [5.41, 5.74) is 0.958. The highest BCUT2D eigenvalue weighted by atomic mass is 16.6. The van der Waals surface area contributed by atoms with Gasteiger partial charge < -0.3 is 25.2 Å². The predicted octanol–water partition coefficient (Wildman–Crippen LogP) is 0.372. The second-order valence-electron chi connectivity index (χ2n) is 7.07. The molecule has 2 aliphatic heterocycles. The number of aliphatic hydroxyl groups excluding tert-OH is 1. The number of nitrogens with zero attached hydrogens (tertiary/aromatic N) is 1. The maximum absolute atomic E-state index is 12.1. The van der Waals surface area contributed by atoms with Crippen LogP contribution in [0.25, 0.3) is 0 Å². The molecule has 1 amide bonds. The van der Waals surface area contributed by atoms with Crippen molar-refractivity contribution >= 4 is 5.91 Å². The van der Waals surface area contributed by atoms with E-state index in [9.17, 15) is 9.90 Å². The van der Waals surface area contributed by atoms with Crippen molar-refractivity contribution in [3.63, 3.8) is 0 Å². The van der Waals surface area contributed by atoms with E-state index in [4.69, 9.17) is 9.47 Å². The van der Waals surface area contributed by atoms with Crippen LogP contribution >= 0.6 is 0 Å². The molecule has 7 nitrogen and oxygen atoms in total. The van der Waals surface area contributed by atoms with Gasteiger partial charge in [-0.25, -0.2) is 0 Å². The van der Waals surface area contributed by atoms with E-state index < -0.39 is 6.10 Å². The molecular weight excluding hydrogens is 322 g/mol. The number of pyridine rings is 1. The number of aromatic nitrogens is 1. The Hall–Kier alpha value is -1.54. The van der Waals surface area contributed by atoms with Crippen molar-refractivity contribution in [3.05, 3.63) is 30.1 Å². The summed E-state index contributed by atoms with van der Waals surface area (Å²) in [6.07, 6.45) is 2.76. The highest BCUT2D eigenvalue weighted by molar-refractivity contribution is 5.76. The van der Waals surface area contributed by atoms with Gasteiger partial charge in [0.1, 0.15) is 12.2 Å². The first-order chi connectivity index (χ1) is 12.0. The minimum Gasteiger partial charge on any atom is -0.388 e. The molecular formula is C18H27N3O4. The lowest BCUT2D eigenvalue weighted by atomic mass is 10.1. The molecule has 5 unspecified atom stereocenters. The second-order valence-corrected chi connectivity index (χ2v) is 7.07. The van der Waals surface area contributed by atoms with Crippen molar-refractivity contribution < 1.29 is 19.4 Å². The molecule has 0 spiro atoms. The van der Waals surface area contributed by atoms with E-state index in [1.807, 2.05) is 12.1 Å². The molecule has 0 saturated carbocycles. The topological polar surface area (TPSA) is 92.7 Å². The molecule has 0 aliphatic carbocycles. The number of rotatable bonds is 7. The number of ether oxygens (including phenoxy) is 2. The van der Waals surface area contributed by atoms with Gasteiger partial charge in [-0.15, -0.1) is 0 Å². The number of aliphatic hydroxyl groups is 1. The average Bonchev–Trinajstić information content (AvgIpc) is 3.11. The Kier molecular flexibility index (Phi) is 6.01. The minimum absolute atomic E-state index is 0.0682. The molecule has 0 aromatic carbocycles. The van der Waals surface area contributed by atoms with E-state index in [-0.39, 0.29) is 36.7 Å². The van der Waals surface area contributed by atoms with Crippen LogP contribution in [0.15, 0.2) is 24.5 Å². The van der Waals surface area contributed by atoms with Gasteiger partial charge in [-0.05, 0) is 11.6 Å². The molecule has 0 radical (unpaired) electrons. The van der Waals surface area contributed by atoms with Crippen molar-refractivity contribution in [2.45, 2.75) is 69.8 Å². The largest absolute Gasteiger partial charge is 0.388 e. The van der Waals surface area contributed by atoms with Crippen molar-refractivity contribution in [1.82, 2.24) is 15.6 Å². The van der Waals surface area contributed by atoms with Crippen LogP contribution in [0.1, 0.15) is 32.3 Å². The maximum atomic E-state index is 12.1. The standard InChI is InChI=1S/C18H27N3O4/c1-11(2)20-10-15-17(23)18-14(25-15)6-13(24-18)7-16(22)21-9-12-4-3-5-19-8-12/h3-5,8,11,13-15,17-18,20,23H,6-7,9-10H2,1-2H3,(H,21,22). The Morgan fingerprint density at radius 2 is 2.28 bits per heavy atom. The lowest BCUT2D eigenvalue weighted by Gasteiger charge is -2.21. The van der Waals surface area contributed by atoms with E-state index in [0.29, 0.717) is 25.6 Å². The van der Waals surface area contributed by atoms with Crippen molar-refractivity contribution in [2.24, 2.45) is 0 Å². The van der Waals surface area contributed by atoms with Gasteiger partial charge in [0.15, 0.2) is 0 Å². The summed E-state index contributed by atoms with van der Waals surface area (Å²) in [6, 6.07) is 4.10. The Bertz CT molecular complexity index is 569. The number of hydrogen-bond donors (Lipinski definition) is 3. The summed E-state index contributed by atoms with van der Waals surface area (Å²) in [6.45, 7) is 5.16. The van der Waals surface area contributed by atoms with Gasteiger partial charge in [-0.3, -0.25) is 9.78 Å². The zero-order valence-electron chi connectivity index (χ0n) is 14.7. The monoisotopic (exact) mass is 349 g/mol. The van der Waals surface area contributed by atoms with Gasteiger partial charge in [0.2, 0.25) is 5.91 Å². The molecule has 138 valence electrons. The van der Waals surface area contributed by atoms with Crippen LogP contribution in [0, 0.1) is 0 Å².